The molecule has 0 bridgehead atoms. The molecule has 0 aromatic heterocycles. The van der Waals surface area contributed by atoms with Gasteiger partial charge in [0, 0.05) is 12.1 Å². The molecule has 0 saturated heterocycles. The summed E-state index contributed by atoms with van der Waals surface area (Å²) in [7, 11) is 0. The van der Waals surface area contributed by atoms with Crippen molar-refractivity contribution in [2.24, 2.45) is 0 Å². The first-order chi connectivity index (χ1) is 13.4. The summed E-state index contributed by atoms with van der Waals surface area (Å²) in [5.74, 6) is -1.57. The van der Waals surface area contributed by atoms with Gasteiger partial charge in [-0.25, -0.2) is 4.79 Å². The predicted octanol–water partition coefficient (Wildman–Crippen LogP) is 3.10. The van der Waals surface area contributed by atoms with Crippen LogP contribution in [0.25, 0.3) is 6.08 Å². The van der Waals surface area contributed by atoms with Crippen LogP contribution >= 0.6 is 11.6 Å². The Kier molecular flexibility index (Phi) is 5.51. The van der Waals surface area contributed by atoms with E-state index >= 15 is 0 Å². The molecule has 2 amide bonds. The van der Waals surface area contributed by atoms with E-state index in [0.29, 0.717) is 16.7 Å². The molecule has 0 fully saturated rings. The molecule has 1 aliphatic rings. The molecule has 0 radical (unpaired) electrons. The van der Waals surface area contributed by atoms with E-state index in [9.17, 15) is 24.5 Å². The number of ether oxygens (including phenoxy) is 1. The van der Waals surface area contributed by atoms with E-state index in [4.69, 9.17) is 16.3 Å². The largest absolute Gasteiger partial charge is 0.461 e. The number of benzene rings is 2. The lowest BCUT2D eigenvalue weighted by Gasteiger charge is -2.13. The highest BCUT2D eigenvalue weighted by Crippen LogP contribution is 2.25. The number of rotatable bonds is 6. The number of carbonyl (C=O) groups excluding carboxylic acids is 3. The van der Waals surface area contributed by atoms with Crippen molar-refractivity contribution in [1.82, 2.24) is 4.90 Å². The van der Waals surface area contributed by atoms with Crippen molar-refractivity contribution >= 4 is 41.1 Å². The average molecular weight is 401 g/mol. The maximum Gasteiger partial charge on any atom is 0.330 e. The molecule has 0 saturated carbocycles. The van der Waals surface area contributed by atoms with E-state index in [2.05, 4.69) is 0 Å². The number of carbonyl (C=O) groups is 3. The van der Waals surface area contributed by atoms with Gasteiger partial charge in [-0.05, 0) is 29.8 Å². The Balaban J connectivity index is 1.55. The second kappa shape index (κ2) is 8.01. The minimum absolute atomic E-state index is 0.00864. The lowest BCUT2D eigenvalue weighted by molar-refractivity contribution is -0.384. The quantitative estimate of drug-likeness (QED) is 0.242. The van der Waals surface area contributed by atoms with Gasteiger partial charge < -0.3 is 4.74 Å². The van der Waals surface area contributed by atoms with Crippen LogP contribution in [0.4, 0.5) is 5.69 Å². The summed E-state index contributed by atoms with van der Waals surface area (Å²) in [6, 6.07) is 10.6. The first kappa shape index (κ1) is 19.2. The minimum atomic E-state index is -0.714. The van der Waals surface area contributed by atoms with Gasteiger partial charge in [0.25, 0.3) is 17.5 Å². The molecule has 0 atom stereocenters. The smallest absolute Gasteiger partial charge is 0.330 e. The zero-order valence-corrected chi connectivity index (χ0v) is 15.1. The highest BCUT2D eigenvalue weighted by Gasteiger charge is 2.34. The van der Waals surface area contributed by atoms with Crippen molar-refractivity contribution in [3.05, 3.63) is 80.4 Å². The Bertz CT molecular complexity index is 982. The maximum atomic E-state index is 12.2. The molecule has 0 aliphatic carbocycles. The van der Waals surface area contributed by atoms with Crippen LogP contribution in [-0.2, 0) is 9.53 Å². The van der Waals surface area contributed by atoms with Crippen molar-refractivity contribution in [1.29, 1.82) is 0 Å². The van der Waals surface area contributed by atoms with Crippen molar-refractivity contribution in [2.45, 2.75) is 0 Å². The fraction of sp³-hybridized carbons (Fsp3) is 0.105. The summed E-state index contributed by atoms with van der Waals surface area (Å²) in [5, 5.41) is 10.9. The van der Waals surface area contributed by atoms with Gasteiger partial charge in [-0.2, -0.15) is 0 Å². The Hall–Kier alpha value is -3.52. The van der Waals surface area contributed by atoms with Gasteiger partial charge in [-0.15, -0.1) is 0 Å². The van der Waals surface area contributed by atoms with E-state index in [1.165, 1.54) is 24.3 Å². The summed E-state index contributed by atoms with van der Waals surface area (Å²) in [6.45, 7) is -0.242. The molecule has 0 N–H and O–H groups in total. The van der Waals surface area contributed by atoms with E-state index in [0.717, 1.165) is 11.0 Å². The van der Waals surface area contributed by atoms with Gasteiger partial charge in [0.2, 0.25) is 0 Å². The van der Waals surface area contributed by atoms with Gasteiger partial charge in [0.1, 0.15) is 11.6 Å². The molecular formula is C19H13ClN2O6. The lowest BCUT2D eigenvalue weighted by atomic mass is 10.1. The third-order valence-corrected chi connectivity index (χ3v) is 4.34. The van der Waals surface area contributed by atoms with Gasteiger partial charge in [0.05, 0.1) is 22.6 Å². The number of esters is 1. The third kappa shape index (κ3) is 3.91. The second-order valence-electron chi connectivity index (χ2n) is 5.78. The van der Waals surface area contributed by atoms with Crippen LogP contribution < -0.4 is 0 Å². The van der Waals surface area contributed by atoms with Crippen LogP contribution in [0.1, 0.15) is 26.3 Å². The van der Waals surface area contributed by atoms with Crippen molar-refractivity contribution in [3.63, 3.8) is 0 Å². The molecule has 28 heavy (non-hydrogen) atoms. The zero-order valence-electron chi connectivity index (χ0n) is 14.3. The summed E-state index contributed by atoms with van der Waals surface area (Å²) in [6.07, 6.45) is 2.43. The van der Waals surface area contributed by atoms with Gasteiger partial charge in [-0.3, -0.25) is 24.6 Å². The summed E-state index contributed by atoms with van der Waals surface area (Å²) >= 11 is 5.72. The van der Waals surface area contributed by atoms with Crippen LogP contribution in [0.5, 0.6) is 0 Å². The Morgan fingerprint density at radius 1 is 1.14 bits per heavy atom. The molecule has 0 spiro atoms. The maximum absolute atomic E-state index is 12.2. The lowest BCUT2D eigenvalue weighted by Crippen LogP contribution is -2.33. The van der Waals surface area contributed by atoms with E-state index in [1.807, 2.05) is 0 Å². The molecule has 2 aromatic rings. The van der Waals surface area contributed by atoms with Crippen LogP contribution in [0, 0.1) is 10.1 Å². The first-order valence-electron chi connectivity index (χ1n) is 8.12. The molecule has 2 aromatic carbocycles. The van der Waals surface area contributed by atoms with E-state index < -0.39 is 22.7 Å². The fourth-order valence-electron chi connectivity index (χ4n) is 2.67. The van der Waals surface area contributed by atoms with Crippen LogP contribution in [0.3, 0.4) is 0 Å². The number of halogens is 1. The first-order valence-corrected chi connectivity index (χ1v) is 8.50. The molecule has 1 aliphatic heterocycles. The average Bonchev–Trinajstić information content (AvgIpc) is 2.92. The Morgan fingerprint density at radius 3 is 2.39 bits per heavy atom. The molecule has 9 heteroatoms. The molecule has 0 unspecified atom stereocenters. The van der Waals surface area contributed by atoms with Crippen LogP contribution in [-0.4, -0.2) is 40.8 Å². The summed E-state index contributed by atoms with van der Waals surface area (Å²) < 4.78 is 4.99. The molecule has 142 valence electrons. The Labute approximate surface area is 164 Å². The Morgan fingerprint density at radius 2 is 1.79 bits per heavy atom. The number of hydrogen-bond donors (Lipinski definition) is 0. The van der Waals surface area contributed by atoms with E-state index in [1.54, 1.807) is 24.3 Å². The van der Waals surface area contributed by atoms with E-state index in [-0.39, 0.29) is 23.9 Å². The highest BCUT2D eigenvalue weighted by atomic mass is 35.5. The number of amides is 2. The number of imide groups is 1. The number of hydrogen-bond acceptors (Lipinski definition) is 6. The van der Waals surface area contributed by atoms with Crippen molar-refractivity contribution < 1.29 is 24.0 Å². The number of nitrogens with zero attached hydrogens (tertiary/aromatic N) is 2. The van der Waals surface area contributed by atoms with Crippen LogP contribution in [0.2, 0.25) is 5.02 Å². The summed E-state index contributed by atoms with van der Waals surface area (Å²) in [5.41, 5.74) is 0.766. The van der Waals surface area contributed by atoms with Gasteiger partial charge in [0.15, 0.2) is 0 Å². The predicted molar refractivity (Wildman–Crippen MR) is 99.9 cm³/mol. The second-order valence-corrected chi connectivity index (χ2v) is 6.18. The molecule has 3 rings (SSSR count). The molecule has 8 nitrogen and oxygen atoms in total. The third-order valence-electron chi connectivity index (χ3n) is 4.02. The van der Waals surface area contributed by atoms with Crippen molar-refractivity contribution in [3.8, 4) is 0 Å². The SMILES string of the molecule is O=C(/C=C/c1ccc(Cl)c([N+](=O)[O-])c1)OCCN1C(=O)c2ccccc2C1=O. The number of nitro groups is 1. The normalized spacial score (nSPS) is 13.1. The minimum Gasteiger partial charge on any atom is -0.461 e. The number of nitro benzene ring substituents is 1. The zero-order chi connectivity index (χ0) is 20.3. The van der Waals surface area contributed by atoms with Crippen molar-refractivity contribution in [2.75, 3.05) is 13.2 Å². The monoisotopic (exact) mass is 400 g/mol. The topological polar surface area (TPSA) is 107 Å². The summed E-state index contributed by atoms with van der Waals surface area (Å²) in [4.78, 5) is 47.4. The van der Waals surface area contributed by atoms with Crippen LogP contribution in [0.15, 0.2) is 48.5 Å². The van der Waals surface area contributed by atoms with Gasteiger partial charge >= 0.3 is 5.97 Å². The molecule has 1 heterocycles. The highest BCUT2D eigenvalue weighted by molar-refractivity contribution is 6.32. The van der Waals surface area contributed by atoms with Gasteiger partial charge in [-0.1, -0.05) is 29.8 Å². The fourth-order valence-corrected chi connectivity index (χ4v) is 2.85. The molecular weight excluding hydrogens is 388 g/mol. The standard InChI is InChI=1S/C19H13ClN2O6/c20-15-7-5-12(11-16(15)22(26)27)6-8-17(23)28-10-9-21-18(24)13-3-1-2-4-14(13)19(21)25/h1-8,11H,9-10H2/b8-6+. The number of fused-ring (bicyclic) bond motifs is 1.